The van der Waals surface area contributed by atoms with E-state index in [2.05, 4.69) is 9.80 Å². The van der Waals surface area contributed by atoms with Crippen molar-refractivity contribution in [3.8, 4) is 0 Å². The Balaban J connectivity index is 1.55. The van der Waals surface area contributed by atoms with E-state index in [-0.39, 0.29) is 0 Å². The topological polar surface area (TPSA) is 35.9 Å². The zero-order valence-corrected chi connectivity index (χ0v) is 12.6. The summed E-state index contributed by atoms with van der Waals surface area (Å²) in [5, 5.41) is 10.2. The molecule has 1 N–H and O–H groups in total. The summed E-state index contributed by atoms with van der Waals surface area (Å²) in [6.07, 6.45) is 0.101. The first kappa shape index (κ1) is 15.8. The zero-order valence-electron chi connectivity index (χ0n) is 12.6. The Morgan fingerprint density at radius 1 is 1.09 bits per heavy atom. The lowest BCUT2D eigenvalue weighted by Gasteiger charge is -2.33. The molecule has 1 saturated heterocycles. The van der Waals surface area contributed by atoms with Crippen molar-refractivity contribution in [2.24, 2.45) is 0 Å². The summed E-state index contributed by atoms with van der Waals surface area (Å²) in [7, 11) is 0. The predicted octanol–water partition coefficient (Wildman–Crippen LogP) is 1.02. The van der Waals surface area contributed by atoms with Gasteiger partial charge in [-0.05, 0) is 23.6 Å². The molecule has 2 heterocycles. The third-order valence-electron chi connectivity index (χ3n) is 4.37. The average molecular weight is 312 g/mol. The van der Waals surface area contributed by atoms with Gasteiger partial charge in [-0.1, -0.05) is 0 Å². The van der Waals surface area contributed by atoms with Gasteiger partial charge in [0.15, 0.2) is 0 Å². The number of benzene rings is 1. The molecule has 22 heavy (non-hydrogen) atoms. The number of nitrogens with zero attached hydrogens (tertiary/aromatic N) is 2. The van der Waals surface area contributed by atoms with Crippen LogP contribution in [-0.4, -0.2) is 66.9 Å². The normalized spacial score (nSPS) is 21.6. The summed E-state index contributed by atoms with van der Waals surface area (Å²) >= 11 is 0. The number of halogens is 2. The number of fused-ring (bicyclic) bond motifs is 1. The van der Waals surface area contributed by atoms with Crippen molar-refractivity contribution in [2.45, 2.75) is 19.1 Å². The average Bonchev–Trinajstić information content (AvgIpc) is 2.47. The minimum atomic E-state index is -0.535. The van der Waals surface area contributed by atoms with Crippen LogP contribution in [0.1, 0.15) is 11.1 Å². The van der Waals surface area contributed by atoms with E-state index in [1.807, 2.05) is 0 Å². The fourth-order valence-electron chi connectivity index (χ4n) is 3.26. The Bertz CT molecular complexity index is 521. The lowest BCUT2D eigenvalue weighted by Crippen LogP contribution is -2.45. The molecule has 1 aromatic rings. The van der Waals surface area contributed by atoms with E-state index in [4.69, 9.17) is 4.74 Å². The van der Waals surface area contributed by atoms with E-state index in [1.165, 1.54) is 6.07 Å². The highest BCUT2D eigenvalue weighted by atomic mass is 19.1. The number of aliphatic hydroxyl groups is 1. The first-order valence-electron chi connectivity index (χ1n) is 7.79. The number of ether oxygens (including phenoxy) is 1. The molecular formula is C16H22F2N2O2. The third-order valence-corrected chi connectivity index (χ3v) is 4.37. The number of aliphatic hydroxyl groups excluding tert-OH is 1. The van der Waals surface area contributed by atoms with Crippen molar-refractivity contribution in [2.75, 3.05) is 45.9 Å². The minimum absolute atomic E-state index is 0.455. The van der Waals surface area contributed by atoms with Gasteiger partial charge in [-0.15, -0.1) is 0 Å². The van der Waals surface area contributed by atoms with Gasteiger partial charge in [0.05, 0.1) is 19.3 Å². The highest BCUT2D eigenvalue weighted by Gasteiger charge is 2.23. The number of β-amino-alcohol motifs (C(OH)–C–C–N with tert-alkyl or cyclic N) is 1. The number of morpholine rings is 1. The van der Waals surface area contributed by atoms with Crippen molar-refractivity contribution in [3.05, 3.63) is 34.9 Å². The predicted molar refractivity (Wildman–Crippen MR) is 78.6 cm³/mol. The van der Waals surface area contributed by atoms with Crippen LogP contribution in [0.5, 0.6) is 0 Å². The summed E-state index contributed by atoms with van der Waals surface area (Å²) in [5.41, 5.74) is 1.31. The smallest absolute Gasteiger partial charge is 0.129 e. The molecule has 3 rings (SSSR count). The molecule has 0 aliphatic carbocycles. The Kier molecular flexibility index (Phi) is 5.03. The molecule has 0 aromatic heterocycles. The monoisotopic (exact) mass is 312 g/mol. The van der Waals surface area contributed by atoms with Gasteiger partial charge in [-0.3, -0.25) is 9.80 Å². The van der Waals surface area contributed by atoms with Gasteiger partial charge >= 0.3 is 0 Å². The first-order chi connectivity index (χ1) is 10.6. The van der Waals surface area contributed by atoms with Crippen LogP contribution in [0.15, 0.2) is 12.1 Å². The molecule has 0 amide bonds. The summed E-state index contributed by atoms with van der Waals surface area (Å²) in [4.78, 5) is 4.25. The Labute approximate surface area is 129 Å². The fraction of sp³-hybridized carbons (Fsp3) is 0.625. The second kappa shape index (κ2) is 7.00. The van der Waals surface area contributed by atoms with Crippen molar-refractivity contribution >= 4 is 0 Å². The largest absolute Gasteiger partial charge is 0.390 e. The Morgan fingerprint density at radius 3 is 2.59 bits per heavy atom. The lowest BCUT2D eigenvalue weighted by molar-refractivity contribution is 0.00583. The summed E-state index contributed by atoms with van der Waals surface area (Å²) in [5.74, 6) is -0.990. The zero-order chi connectivity index (χ0) is 15.5. The first-order valence-corrected chi connectivity index (χ1v) is 7.79. The second-order valence-electron chi connectivity index (χ2n) is 6.08. The van der Waals surface area contributed by atoms with Crippen molar-refractivity contribution in [1.82, 2.24) is 9.80 Å². The quantitative estimate of drug-likeness (QED) is 0.900. The van der Waals surface area contributed by atoms with E-state index < -0.39 is 17.7 Å². The maximum absolute atomic E-state index is 13.7. The standard InChI is InChI=1S/C16H22F2N2O2/c17-13-7-12-9-20(2-1-15(12)16(18)8-13)11-14(21)10-19-3-5-22-6-4-19/h7-8,14,21H,1-6,9-11H2. The van der Waals surface area contributed by atoms with Gasteiger partial charge in [0.2, 0.25) is 0 Å². The Hall–Kier alpha value is -1.08. The molecule has 1 atom stereocenters. The van der Waals surface area contributed by atoms with E-state index in [1.54, 1.807) is 0 Å². The number of hydrogen-bond acceptors (Lipinski definition) is 4. The second-order valence-corrected chi connectivity index (χ2v) is 6.08. The van der Waals surface area contributed by atoms with Gasteiger partial charge in [0.1, 0.15) is 11.6 Å². The maximum atomic E-state index is 13.7. The van der Waals surface area contributed by atoms with E-state index >= 15 is 0 Å². The van der Waals surface area contributed by atoms with Crippen LogP contribution in [0.3, 0.4) is 0 Å². The molecule has 1 fully saturated rings. The van der Waals surface area contributed by atoms with Crippen molar-refractivity contribution in [1.29, 1.82) is 0 Å². The molecule has 6 heteroatoms. The molecule has 122 valence electrons. The molecular weight excluding hydrogens is 290 g/mol. The van der Waals surface area contributed by atoms with Crippen LogP contribution in [0.4, 0.5) is 8.78 Å². The van der Waals surface area contributed by atoms with Crippen LogP contribution in [0, 0.1) is 11.6 Å². The molecule has 0 spiro atoms. The molecule has 1 aromatic carbocycles. The van der Waals surface area contributed by atoms with Gasteiger partial charge in [-0.2, -0.15) is 0 Å². The van der Waals surface area contributed by atoms with Crippen LogP contribution in [0.2, 0.25) is 0 Å². The summed E-state index contributed by atoms with van der Waals surface area (Å²) in [6, 6.07) is 2.35. The molecule has 0 radical (unpaired) electrons. The molecule has 0 saturated carbocycles. The third kappa shape index (κ3) is 3.81. The lowest BCUT2D eigenvalue weighted by atomic mass is 9.98. The van der Waals surface area contributed by atoms with E-state index in [0.29, 0.717) is 56.9 Å². The highest BCUT2D eigenvalue weighted by Crippen LogP contribution is 2.23. The highest BCUT2D eigenvalue weighted by molar-refractivity contribution is 5.31. The molecule has 2 aliphatic heterocycles. The van der Waals surface area contributed by atoms with Crippen molar-refractivity contribution < 1.29 is 18.6 Å². The number of hydrogen-bond donors (Lipinski definition) is 1. The van der Waals surface area contributed by atoms with Gasteiger partial charge in [0, 0.05) is 45.3 Å². The van der Waals surface area contributed by atoms with Gasteiger partial charge < -0.3 is 9.84 Å². The SMILES string of the molecule is OC(CN1CCOCC1)CN1CCc2c(F)cc(F)cc2C1. The van der Waals surface area contributed by atoms with Crippen LogP contribution in [0.25, 0.3) is 0 Å². The maximum Gasteiger partial charge on any atom is 0.129 e. The van der Waals surface area contributed by atoms with Crippen LogP contribution in [-0.2, 0) is 17.7 Å². The fourth-order valence-corrected chi connectivity index (χ4v) is 3.26. The molecule has 0 bridgehead atoms. The van der Waals surface area contributed by atoms with Crippen LogP contribution < -0.4 is 0 Å². The molecule has 1 unspecified atom stereocenters. The Morgan fingerprint density at radius 2 is 1.82 bits per heavy atom. The van der Waals surface area contributed by atoms with Crippen molar-refractivity contribution in [3.63, 3.8) is 0 Å². The number of rotatable bonds is 4. The van der Waals surface area contributed by atoms with E-state index in [9.17, 15) is 13.9 Å². The summed E-state index contributed by atoms with van der Waals surface area (Å²) < 4.78 is 32.3. The summed E-state index contributed by atoms with van der Waals surface area (Å²) in [6.45, 7) is 5.43. The van der Waals surface area contributed by atoms with Gasteiger partial charge in [-0.25, -0.2) is 8.78 Å². The minimum Gasteiger partial charge on any atom is -0.390 e. The van der Waals surface area contributed by atoms with E-state index in [0.717, 1.165) is 19.2 Å². The van der Waals surface area contributed by atoms with Crippen LogP contribution >= 0.6 is 0 Å². The molecule has 2 aliphatic rings. The molecule has 4 nitrogen and oxygen atoms in total. The van der Waals surface area contributed by atoms with Gasteiger partial charge in [0.25, 0.3) is 0 Å².